The van der Waals surface area contributed by atoms with Gasteiger partial charge < -0.3 is 28.5 Å². The van der Waals surface area contributed by atoms with Crippen LogP contribution >= 0.6 is 0 Å². The normalized spacial score (nSPS) is 12.7. The predicted molar refractivity (Wildman–Crippen MR) is 328 cm³/mol. The first-order chi connectivity index (χ1) is 37.6. The molecule has 0 saturated heterocycles. The highest BCUT2D eigenvalue weighted by Crippen LogP contribution is 2.19. The number of quaternary nitrogens is 1. The second-order valence-corrected chi connectivity index (χ2v) is 24.5. The highest BCUT2D eigenvalue weighted by Gasteiger charge is 2.25. The Balaban J connectivity index is 4.01. The van der Waals surface area contributed by atoms with Crippen molar-refractivity contribution in [3.8, 4) is 0 Å². The number of nitrogens with zero attached hydrogens (tertiary/aromatic N) is 1. The van der Waals surface area contributed by atoms with Crippen molar-refractivity contribution >= 4 is 17.9 Å². The summed E-state index contributed by atoms with van der Waals surface area (Å²) in [6, 6.07) is 0. The van der Waals surface area contributed by atoms with Gasteiger partial charge in [0.2, 0.25) is 0 Å². The summed E-state index contributed by atoms with van der Waals surface area (Å²) in [6.45, 7) is 4.94. The fraction of sp³-hybridized carbons (Fsp3) is 0.926. The Morgan fingerprint density at radius 2 is 0.662 bits per heavy atom. The standard InChI is InChI=1S/C68H131NO8/c1-6-8-10-12-14-16-18-20-22-24-26-27-28-29-30-31-32-33-34-35-36-37-38-39-41-42-44-46-48-50-52-54-56-58-65(70)75-62-64(63-76-68(67(72)73)74-61-60-69(3,4)5)77-66(71)59-57-55-53-51-49-47-45-43-40-25-23-21-19-17-15-13-11-9-7-2/h21,23,64,68H,6-20,22,24-63H2,1-5H3/p+1/b23-21-. The van der Waals surface area contributed by atoms with Gasteiger partial charge in [0.1, 0.15) is 13.2 Å². The van der Waals surface area contributed by atoms with E-state index in [9.17, 15) is 19.5 Å². The molecule has 0 aromatic rings. The molecule has 0 aromatic heterocycles. The minimum Gasteiger partial charge on any atom is -0.477 e. The number of carbonyl (C=O) groups excluding carboxylic acids is 2. The molecule has 456 valence electrons. The number of likely N-dealkylation sites (N-methyl/N-ethyl adjacent to an activating group) is 1. The lowest BCUT2D eigenvalue weighted by atomic mass is 10.0. The van der Waals surface area contributed by atoms with Gasteiger partial charge in [0.25, 0.3) is 6.29 Å². The van der Waals surface area contributed by atoms with Gasteiger partial charge in [0.05, 0.1) is 34.4 Å². The average Bonchev–Trinajstić information content (AvgIpc) is 3.40. The third-order valence-corrected chi connectivity index (χ3v) is 15.5. The minimum absolute atomic E-state index is 0.176. The number of ether oxygens (including phenoxy) is 4. The predicted octanol–water partition coefficient (Wildman–Crippen LogP) is 20.5. The van der Waals surface area contributed by atoms with E-state index in [-0.39, 0.29) is 38.2 Å². The van der Waals surface area contributed by atoms with Crippen LogP contribution in [0.3, 0.4) is 0 Å². The van der Waals surface area contributed by atoms with Gasteiger partial charge in [-0.05, 0) is 38.5 Å². The Morgan fingerprint density at radius 3 is 0.961 bits per heavy atom. The molecule has 0 fully saturated rings. The van der Waals surface area contributed by atoms with E-state index in [1.165, 1.54) is 283 Å². The van der Waals surface area contributed by atoms with Crippen molar-refractivity contribution < 1.29 is 42.9 Å². The van der Waals surface area contributed by atoms with Gasteiger partial charge in [0.15, 0.2) is 6.10 Å². The van der Waals surface area contributed by atoms with E-state index < -0.39 is 18.4 Å². The molecule has 0 aliphatic rings. The summed E-state index contributed by atoms with van der Waals surface area (Å²) in [5.41, 5.74) is 0. The molecule has 0 radical (unpaired) electrons. The van der Waals surface area contributed by atoms with Crippen LogP contribution in [0.5, 0.6) is 0 Å². The molecule has 0 spiro atoms. The number of hydrogen-bond acceptors (Lipinski definition) is 7. The Bertz CT molecular complexity index is 1270. The molecule has 0 aliphatic heterocycles. The van der Waals surface area contributed by atoms with Gasteiger partial charge in [-0.25, -0.2) is 4.79 Å². The second kappa shape index (κ2) is 60.1. The lowest BCUT2D eigenvalue weighted by Gasteiger charge is -2.25. The molecule has 1 N–H and O–H groups in total. The Hall–Kier alpha value is -1.97. The fourth-order valence-corrected chi connectivity index (χ4v) is 10.3. The molecule has 0 aliphatic carbocycles. The van der Waals surface area contributed by atoms with Crippen molar-refractivity contribution in [2.45, 2.75) is 360 Å². The van der Waals surface area contributed by atoms with Gasteiger partial charge in [-0.1, -0.05) is 309 Å². The zero-order chi connectivity index (χ0) is 56.2. The van der Waals surface area contributed by atoms with Crippen LogP contribution in [0.1, 0.15) is 348 Å². The molecule has 2 unspecified atom stereocenters. The SMILES string of the molecule is CCCCCCCC/C=C\CCCCCCCCCCCC(=O)OC(COC(=O)CCCCCCCCCCCCCCCCCCCCCCCCCCCCCCCCCCC)COC(OCC[N+](C)(C)C)C(=O)O. The number of hydrogen-bond donors (Lipinski definition) is 1. The van der Waals surface area contributed by atoms with Crippen LogP contribution in [0.2, 0.25) is 0 Å². The first-order valence-electron chi connectivity index (χ1n) is 33.9. The van der Waals surface area contributed by atoms with Gasteiger partial charge in [-0.15, -0.1) is 0 Å². The maximum absolute atomic E-state index is 12.9. The monoisotopic (exact) mass is 1090 g/mol. The summed E-state index contributed by atoms with van der Waals surface area (Å²) in [5, 5.41) is 9.72. The highest BCUT2D eigenvalue weighted by atomic mass is 16.7. The summed E-state index contributed by atoms with van der Waals surface area (Å²) >= 11 is 0. The quantitative estimate of drug-likeness (QED) is 0.0211. The van der Waals surface area contributed by atoms with Gasteiger partial charge >= 0.3 is 17.9 Å². The molecule has 0 amide bonds. The van der Waals surface area contributed by atoms with Crippen LogP contribution in [0.25, 0.3) is 0 Å². The van der Waals surface area contributed by atoms with E-state index in [1.807, 2.05) is 21.1 Å². The lowest BCUT2D eigenvalue weighted by molar-refractivity contribution is -0.870. The van der Waals surface area contributed by atoms with Crippen molar-refractivity contribution in [2.24, 2.45) is 0 Å². The number of rotatable bonds is 64. The molecular formula is C68H132NO8+. The molecule has 0 heterocycles. The van der Waals surface area contributed by atoms with E-state index in [2.05, 4.69) is 26.0 Å². The van der Waals surface area contributed by atoms with Crippen molar-refractivity contribution in [3.63, 3.8) is 0 Å². The van der Waals surface area contributed by atoms with Gasteiger partial charge in [-0.3, -0.25) is 9.59 Å². The molecular weight excluding hydrogens is 959 g/mol. The maximum atomic E-state index is 12.9. The van der Waals surface area contributed by atoms with E-state index >= 15 is 0 Å². The summed E-state index contributed by atoms with van der Waals surface area (Å²) < 4.78 is 23.0. The molecule has 0 saturated carbocycles. The number of carboxylic acids is 1. The van der Waals surface area contributed by atoms with Gasteiger partial charge in [-0.2, -0.15) is 0 Å². The summed E-state index contributed by atoms with van der Waals surface area (Å²) in [6.07, 6.45) is 69.0. The van der Waals surface area contributed by atoms with E-state index in [4.69, 9.17) is 18.9 Å². The third kappa shape index (κ3) is 61.5. The highest BCUT2D eigenvalue weighted by molar-refractivity contribution is 5.71. The Kier molecular flexibility index (Phi) is 58.6. The number of carboxylic acid groups (broad SMARTS) is 1. The molecule has 9 nitrogen and oxygen atoms in total. The number of carbonyl (C=O) groups is 3. The number of unbranched alkanes of at least 4 members (excludes halogenated alkanes) is 47. The number of aliphatic carboxylic acids is 1. The van der Waals surface area contributed by atoms with E-state index in [0.29, 0.717) is 17.4 Å². The first kappa shape index (κ1) is 75.0. The smallest absolute Gasteiger partial charge is 0.361 e. The zero-order valence-corrected chi connectivity index (χ0v) is 52.2. The summed E-state index contributed by atoms with van der Waals surface area (Å²) in [5.74, 6) is -1.98. The second-order valence-electron chi connectivity index (χ2n) is 24.5. The van der Waals surface area contributed by atoms with Crippen molar-refractivity contribution in [2.75, 3.05) is 47.5 Å². The summed E-state index contributed by atoms with van der Waals surface area (Å²) in [7, 11) is 5.99. The first-order valence-corrected chi connectivity index (χ1v) is 33.9. The maximum Gasteiger partial charge on any atom is 0.361 e. The minimum atomic E-state index is -1.51. The number of esters is 2. The van der Waals surface area contributed by atoms with Crippen molar-refractivity contribution in [1.82, 2.24) is 0 Å². The van der Waals surface area contributed by atoms with Crippen molar-refractivity contribution in [1.29, 1.82) is 0 Å². The topological polar surface area (TPSA) is 108 Å². The Labute approximate surface area is 478 Å². The molecule has 0 bridgehead atoms. The third-order valence-electron chi connectivity index (χ3n) is 15.5. The van der Waals surface area contributed by atoms with E-state index in [0.717, 1.165) is 38.5 Å². The van der Waals surface area contributed by atoms with Crippen molar-refractivity contribution in [3.05, 3.63) is 12.2 Å². The van der Waals surface area contributed by atoms with Crippen LogP contribution in [0.4, 0.5) is 0 Å². The Morgan fingerprint density at radius 1 is 0.377 bits per heavy atom. The molecule has 77 heavy (non-hydrogen) atoms. The largest absolute Gasteiger partial charge is 0.477 e. The van der Waals surface area contributed by atoms with Crippen LogP contribution < -0.4 is 0 Å². The molecule has 0 rings (SSSR count). The summed E-state index contributed by atoms with van der Waals surface area (Å²) in [4.78, 5) is 37.5. The number of allylic oxidation sites excluding steroid dienone is 2. The van der Waals surface area contributed by atoms with Crippen LogP contribution in [-0.2, 0) is 33.3 Å². The van der Waals surface area contributed by atoms with Crippen LogP contribution in [0, 0.1) is 0 Å². The zero-order valence-electron chi connectivity index (χ0n) is 52.2. The average molecular weight is 1090 g/mol. The van der Waals surface area contributed by atoms with Gasteiger partial charge in [0, 0.05) is 12.8 Å². The molecule has 0 aromatic carbocycles. The fourth-order valence-electron chi connectivity index (χ4n) is 10.3. The van der Waals surface area contributed by atoms with Crippen LogP contribution in [-0.4, -0.2) is 87.4 Å². The molecule has 2 atom stereocenters. The lowest BCUT2D eigenvalue weighted by Crippen LogP contribution is -2.40. The van der Waals surface area contributed by atoms with E-state index in [1.54, 1.807) is 0 Å². The molecule has 9 heteroatoms. The van der Waals surface area contributed by atoms with Crippen LogP contribution in [0.15, 0.2) is 12.2 Å².